The number of carbonyl (C=O) groups is 1. The number of halogens is 3. The van der Waals surface area contributed by atoms with Crippen molar-refractivity contribution in [3.63, 3.8) is 0 Å². The van der Waals surface area contributed by atoms with Gasteiger partial charge in [-0.1, -0.05) is 18.2 Å². The molecule has 0 radical (unpaired) electrons. The van der Waals surface area contributed by atoms with E-state index < -0.39 is 17.7 Å². The molecule has 2 aromatic carbocycles. The highest BCUT2D eigenvalue weighted by molar-refractivity contribution is 5.90. The Labute approximate surface area is 113 Å². The largest absolute Gasteiger partial charge is 0.423 e. The smallest absolute Gasteiger partial charge is 0.416 e. The minimum Gasteiger partial charge on any atom is -0.423 e. The number of rotatable bonds is 2. The summed E-state index contributed by atoms with van der Waals surface area (Å²) in [6.45, 7) is 1.32. The number of hydrogen-bond donors (Lipinski definition) is 0. The first-order valence-electron chi connectivity index (χ1n) is 5.83. The Morgan fingerprint density at radius 1 is 1.05 bits per heavy atom. The van der Waals surface area contributed by atoms with Crippen LogP contribution in [0, 0.1) is 6.92 Å². The zero-order chi connectivity index (χ0) is 14.8. The molecule has 0 heterocycles. The van der Waals surface area contributed by atoms with E-state index in [0.717, 1.165) is 12.1 Å². The molecule has 0 aliphatic rings. The van der Waals surface area contributed by atoms with Gasteiger partial charge in [0.15, 0.2) is 0 Å². The van der Waals surface area contributed by atoms with Gasteiger partial charge in [0.1, 0.15) is 5.75 Å². The third-order valence-corrected chi connectivity index (χ3v) is 2.72. The fourth-order valence-electron chi connectivity index (χ4n) is 1.76. The van der Waals surface area contributed by atoms with Crippen LogP contribution < -0.4 is 4.74 Å². The van der Waals surface area contributed by atoms with E-state index in [1.165, 1.54) is 13.0 Å². The van der Waals surface area contributed by atoms with E-state index >= 15 is 0 Å². The zero-order valence-electron chi connectivity index (χ0n) is 10.6. The second kappa shape index (κ2) is 5.36. The highest BCUT2D eigenvalue weighted by Gasteiger charge is 2.32. The van der Waals surface area contributed by atoms with E-state index in [4.69, 9.17) is 4.74 Å². The van der Waals surface area contributed by atoms with E-state index in [-0.39, 0.29) is 11.3 Å². The molecule has 0 N–H and O–H groups in total. The number of benzene rings is 2. The molecule has 0 spiro atoms. The van der Waals surface area contributed by atoms with Crippen LogP contribution >= 0.6 is 0 Å². The lowest BCUT2D eigenvalue weighted by Gasteiger charge is -2.11. The number of hydrogen-bond acceptors (Lipinski definition) is 2. The van der Waals surface area contributed by atoms with Crippen LogP contribution in [0.4, 0.5) is 13.2 Å². The summed E-state index contributed by atoms with van der Waals surface area (Å²) in [5.74, 6) is -0.519. The first kappa shape index (κ1) is 14.1. The minimum absolute atomic E-state index is 0.0101. The van der Waals surface area contributed by atoms with E-state index in [9.17, 15) is 18.0 Å². The fraction of sp³-hybridized carbons (Fsp3) is 0.133. The molecule has 0 aliphatic carbocycles. The zero-order valence-corrected chi connectivity index (χ0v) is 10.6. The highest BCUT2D eigenvalue weighted by atomic mass is 19.4. The Morgan fingerprint density at radius 2 is 1.70 bits per heavy atom. The number of esters is 1. The molecule has 5 heteroatoms. The van der Waals surface area contributed by atoms with Crippen LogP contribution in [0.3, 0.4) is 0 Å². The van der Waals surface area contributed by atoms with Crippen LogP contribution in [-0.2, 0) is 6.18 Å². The van der Waals surface area contributed by atoms with Crippen LogP contribution in [0.5, 0.6) is 5.75 Å². The number of alkyl halides is 3. The maximum atomic E-state index is 12.6. The number of aryl methyl sites for hydroxylation is 1. The van der Waals surface area contributed by atoms with Crippen LogP contribution in [0.15, 0.2) is 48.5 Å². The van der Waals surface area contributed by atoms with E-state index in [1.807, 2.05) is 0 Å². The Bertz CT molecular complexity index is 619. The summed E-state index contributed by atoms with van der Waals surface area (Å²) in [6.07, 6.45) is -4.41. The maximum absolute atomic E-state index is 12.6. The first-order valence-corrected chi connectivity index (χ1v) is 5.83. The summed E-state index contributed by atoms with van der Waals surface area (Å²) < 4.78 is 42.8. The summed E-state index contributed by atoms with van der Waals surface area (Å²) in [5, 5.41) is 0. The molecule has 0 atom stereocenters. The average Bonchev–Trinajstić information content (AvgIpc) is 2.38. The molecule has 0 aromatic heterocycles. The standard InChI is InChI=1S/C15H11F3O2/c1-10-9-12(7-8-13(10)15(16,17)18)20-14(19)11-5-3-2-4-6-11/h2-9H,1H3. The predicted molar refractivity (Wildman–Crippen MR) is 67.6 cm³/mol. The predicted octanol–water partition coefficient (Wildman–Crippen LogP) is 4.23. The molecular weight excluding hydrogens is 269 g/mol. The molecule has 0 fully saturated rings. The molecule has 0 saturated carbocycles. The molecule has 0 unspecified atom stereocenters. The van der Waals surface area contributed by atoms with Gasteiger partial charge in [-0.05, 0) is 42.8 Å². The van der Waals surface area contributed by atoms with Crippen LogP contribution in [-0.4, -0.2) is 5.97 Å². The van der Waals surface area contributed by atoms with E-state index in [0.29, 0.717) is 5.56 Å². The van der Waals surface area contributed by atoms with Gasteiger partial charge >= 0.3 is 12.1 Å². The van der Waals surface area contributed by atoms with Gasteiger partial charge in [-0.25, -0.2) is 4.79 Å². The maximum Gasteiger partial charge on any atom is 0.416 e. The van der Waals surface area contributed by atoms with Crippen molar-refractivity contribution in [3.05, 3.63) is 65.2 Å². The van der Waals surface area contributed by atoms with Crippen molar-refractivity contribution in [2.24, 2.45) is 0 Å². The molecule has 20 heavy (non-hydrogen) atoms. The summed E-state index contributed by atoms with van der Waals surface area (Å²) >= 11 is 0. The molecule has 104 valence electrons. The molecule has 0 aliphatic heterocycles. The molecule has 0 bridgehead atoms. The van der Waals surface area contributed by atoms with Gasteiger partial charge in [0, 0.05) is 0 Å². The van der Waals surface area contributed by atoms with Gasteiger partial charge in [0.05, 0.1) is 11.1 Å². The molecule has 2 nitrogen and oxygen atoms in total. The third kappa shape index (κ3) is 3.17. The normalized spacial score (nSPS) is 11.2. The Balaban J connectivity index is 2.20. The van der Waals surface area contributed by atoms with Crippen molar-refractivity contribution in [2.75, 3.05) is 0 Å². The molecule has 2 aromatic rings. The lowest BCUT2D eigenvalue weighted by molar-refractivity contribution is -0.138. The summed E-state index contributed by atoms with van der Waals surface area (Å²) in [7, 11) is 0. The Hall–Kier alpha value is -2.30. The van der Waals surface area contributed by atoms with Crippen molar-refractivity contribution < 1.29 is 22.7 Å². The van der Waals surface area contributed by atoms with Gasteiger partial charge in [-0.15, -0.1) is 0 Å². The molecular formula is C15H11F3O2. The monoisotopic (exact) mass is 280 g/mol. The van der Waals surface area contributed by atoms with Gasteiger partial charge in [-0.3, -0.25) is 0 Å². The second-order valence-corrected chi connectivity index (χ2v) is 4.23. The van der Waals surface area contributed by atoms with Crippen molar-refractivity contribution >= 4 is 5.97 Å². The molecule has 2 rings (SSSR count). The Morgan fingerprint density at radius 3 is 2.25 bits per heavy atom. The molecule has 0 saturated heterocycles. The van der Waals surface area contributed by atoms with Crippen molar-refractivity contribution in [1.82, 2.24) is 0 Å². The topological polar surface area (TPSA) is 26.3 Å². The number of ether oxygens (including phenoxy) is 1. The highest BCUT2D eigenvalue weighted by Crippen LogP contribution is 2.33. The first-order chi connectivity index (χ1) is 9.38. The molecule has 0 amide bonds. The quantitative estimate of drug-likeness (QED) is 0.607. The van der Waals surface area contributed by atoms with Crippen LogP contribution in [0.25, 0.3) is 0 Å². The lowest BCUT2D eigenvalue weighted by Crippen LogP contribution is -2.10. The third-order valence-electron chi connectivity index (χ3n) is 2.72. The van der Waals surface area contributed by atoms with Gasteiger partial charge in [-0.2, -0.15) is 13.2 Å². The fourth-order valence-corrected chi connectivity index (χ4v) is 1.76. The van der Waals surface area contributed by atoms with Crippen LogP contribution in [0.2, 0.25) is 0 Å². The van der Waals surface area contributed by atoms with E-state index in [1.54, 1.807) is 30.3 Å². The average molecular weight is 280 g/mol. The minimum atomic E-state index is -4.41. The van der Waals surface area contributed by atoms with Gasteiger partial charge < -0.3 is 4.74 Å². The van der Waals surface area contributed by atoms with Gasteiger partial charge in [0.2, 0.25) is 0 Å². The van der Waals surface area contributed by atoms with Crippen molar-refractivity contribution in [1.29, 1.82) is 0 Å². The second-order valence-electron chi connectivity index (χ2n) is 4.23. The summed E-state index contributed by atoms with van der Waals surface area (Å²) in [4.78, 5) is 11.8. The van der Waals surface area contributed by atoms with Crippen molar-refractivity contribution in [2.45, 2.75) is 13.1 Å². The van der Waals surface area contributed by atoms with Gasteiger partial charge in [0.25, 0.3) is 0 Å². The van der Waals surface area contributed by atoms with E-state index in [2.05, 4.69) is 0 Å². The van der Waals surface area contributed by atoms with Crippen molar-refractivity contribution in [3.8, 4) is 5.75 Å². The summed E-state index contributed by atoms with van der Waals surface area (Å²) in [6, 6.07) is 11.5. The lowest BCUT2D eigenvalue weighted by atomic mass is 10.1. The number of carbonyl (C=O) groups excluding carboxylic acids is 1. The summed E-state index contributed by atoms with van der Waals surface area (Å²) in [5.41, 5.74) is -0.391. The SMILES string of the molecule is Cc1cc(OC(=O)c2ccccc2)ccc1C(F)(F)F. The Kier molecular flexibility index (Phi) is 3.79. The van der Waals surface area contributed by atoms with Crippen LogP contribution in [0.1, 0.15) is 21.5 Å².